The number of hydrogen-bond acceptors (Lipinski definition) is 2. The normalized spacial score (nSPS) is 27.2. The second-order valence-corrected chi connectivity index (χ2v) is 6.52. The summed E-state index contributed by atoms with van der Waals surface area (Å²) in [5.74, 6) is 0.725. The minimum absolute atomic E-state index is 0.00355. The predicted octanol–water partition coefficient (Wildman–Crippen LogP) is 2.97. The number of rotatable bonds is 2. The molecule has 4 heteroatoms. The van der Waals surface area contributed by atoms with Gasteiger partial charge in [-0.1, -0.05) is 29.8 Å². The fourth-order valence-electron chi connectivity index (χ4n) is 3.64. The van der Waals surface area contributed by atoms with Crippen molar-refractivity contribution in [2.24, 2.45) is 5.92 Å². The van der Waals surface area contributed by atoms with Crippen LogP contribution < -0.4 is 10.6 Å². The molecule has 108 valence electrons. The maximum Gasteiger partial charge on any atom is 0.251 e. The Labute approximate surface area is 128 Å². The molecule has 0 radical (unpaired) electrons. The first-order valence-corrected chi connectivity index (χ1v) is 7.81. The molecule has 4 rings (SSSR count). The predicted molar refractivity (Wildman–Crippen MR) is 84.7 cm³/mol. The molecule has 2 bridgehead atoms. The summed E-state index contributed by atoms with van der Waals surface area (Å²) in [6.45, 7) is 1.10. The van der Waals surface area contributed by atoms with Gasteiger partial charge in [-0.05, 0) is 48.9 Å². The molecule has 2 aromatic rings. The lowest BCUT2D eigenvalue weighted by molar-refractivity contribution is 0.0928. The lowest BCUT2D eigenvalue weighted by Crippen LogP contribution is -2.47. The molecule has 0 spiro atoms. The Morgan fingerprint density at radius 2 is 2.14 bits per heavy atom. The second-order valence-electron chi connectivity index (χ2n) is 6.11. The molecule has 2 N–H and O–H groups in total. The molecule has 21 heavy (non-hydrogen) atoms. The highest BCUT2D eigenvalue weighted by Crippen LogP contribution is 2.31. The Kier molecular flexibility index (Phi) is 3.12. The molecule has 1 amide bonds. The van der Waals surface area contributed by atoms with Crippen molar-refractivity contribution in [3.8, 4) is 0 Å². The molecule has 1 heterocycles. The first-order chi connectivity index (χ1) is 10.2. The van der Waals surface area contributed by atoms with Crippen LogP contribution in [0.15, 0.2) is 36.4 Å². The fourth-order valence-corrected chi connectivity index (χ4v) is 3.88. The van der Waals surface area contributed by atoms with E-state index in [1.165, 1.54) is 6.42 Å². The third-order valence-corrected chi connectivity index (χ3v) is 5.07. The molecular formula is C17H17ClN2O. The minimum atomic E-state index is -0.00355. The standard InChI is InChI=1S/C17H17ClN2O/c18-14-3-1-2-11-4-5-12(8-13(11)14)17(21)20-16-7-10-6-15(16)19-9-10/h1-5,8,10,15-16,19H,6-7,9H2,(H,20,21). The van der Waals surface area contributed by atoms with Gasteiger partial charge in [0.25, 0.3) is 5.91 Å². The summed E-state index contributed by atoms with van der Waals surface area (Å²) in [6, 6.07) is 12.2. The van der Waals surface area contributed by atoms with E-state index in [4.69, 9.17) is 11.6 Å². The Balaban J connectivity index is 1.58. The smallest absolute Gasteiger partial charge is 0.251 e. The Morgan fingerprint density at radius 1 is 1.24 bits per heavy atom. The molecule has 3 unspecified atom stereocenters. The number of piperidine rings is 1. The van der Waals surface area contributed by atoms with E-state index in [0.717, 1.165) is 29.7 Å². The van der Waals surface area contributed by atoms with Gasteiger partial charge in [0, 0.05) is 28.1 Å². The van der Waals surface area contributed by atoms with Crippen LogP contribution >= 0.6 is 11.6 Å². The van der Waals surface area contributed by atoms with E-state index in [1.807, 2.05) is 36.4 Å². The Hall–Kier alpha value is -1.58. The molecule has 1 saturated heterocycles. The van der Waals surface area contributed by atoms with Gasteiger partial charge in [0.15, 0.2) is 0 Å². The lowest BCUT2D eigenvalue weighted by atomic mass is 10.0. The molecule has 1 aliphatic heterocycles. The van der Waals surface area contributed by atoms with Gasteiger partial charge in [0.05, 0.1) is 0 Å². The number of nitrogens with one attached hydrogen (secondary N) is 2. The van der Waals surface area contributed by atoms with Crippen LogP contribution in [0.1, 0.15) is 23.2 Å². The van der Waals surface area contributed by atoms with E-state index in [1.54, 1.807) is 0 Å². The number of benzene rings is 2. The average Bonchev–Trinajstić information content (AvgIpc) is 3.10. The van der Waals surface area contributed by atoms with Crippen molar-refractivity contribution in [3.63, 3.8) is 0 Å². The Morgan fingerprint density at radius 3 is 2.90 bits per heavy atom. The van der Waals surface area contributed by atoms with Crippen LogP contribution in [0.4, 0.5) is 0 Å². The summed E-state index contributed by atoms with van der Waals surface area (Å²) in [5.41, 5.74) is 0.679. The van der Waals surface area contributed by atoms with Gasteiger partial charge < -0.3 is 10.6 Å². The van der Waals surface area contributed by atoms with E-state index in [0.29, 0.717) is 16.6 Å². The Bertz CT molecular complexity index is 715. The third-order valence-electron chi connectivity index (χ3n) is 4.74. The van der Waals surface area contributed by atoms with Crippen molar-refractivity contribution >= 4 is 28.3 Å². The summed E-state index contributed by atoms with van der Waals surface area (Å²) in [7, 11) is 0. The van der Waals surface area contributed by atoms with Crippen molar-refractivity contribution in [1.29, 1.82) is 0 Å². The maximum absolute atomic E-state index is 12.4. The van der Waals surface area contributed by atoms with Crippen LogP contribution in [0.25, 0.3) is 10.8 Å². The van der Waals surface area contributed by atoms with E-state index in [9.17, 15) is 4.79 Å². The molecule has 3 nitrogen and oxygen atoms in total. The van der Waals surface area contributed by atoms with Crippen molar-refractivity contribution in [1.82, 2.24) is 10.6 Å². The van der Waals surface area contributed by atoms with E-state index >= 15 is 0 Å². The highest BCUT2D eigenvalue weighted by molar-refractivity contribution is 6.35. The maximum atomic E-state index is 12.4. The van der Waals surface area contributed by atoms with Gasteiger partial charge in [0.2, 0.25) is 0 Å². The van der Waals surface area contributed by atoms with Gasteiger partial charge in [0.1, 0.15) is 0 Å². The van der Waals surface area contributed by atoms with Crippen LogP contribution in [-0.2, 0) is 0 Å². The monoisotopic (exact) mass is 300 g/mol. The highest BCUT2D eigenvalue weighted by Gasteiger charge is 2.40. The van der Waals surface area contributed by atoms with Crippen molar-refractivity contribution in [3.05, 3.63) is 47.0 Å². The quantitative estimate of drug-likeness (QED) is 0.895. The molecule has 2 fully saturated rings. The van der Waals surface area contributed by atoms with E-state index < -0.39 is 0 Å². The van der Waals surface area contributed by atoms with Gasteiger partial charge in [-0.3, -0.25) is 4.79 Å². The topological polar surface area (TPSA) is 41.1 Å². The van der Waals surface area contributed by atoms with Crippen molar-refractivity contribution in [2.75, 3.05) is 6.54 Å². The van der Waals surface area contributed by atoms with Crippen LogP contribution in [0.2, 0.25) is 5.02 Å². The molecule has 1 aliphatic carbocycles. The number of carbonyl (C=O) groups is 1. The number of hydrogen-bond donors (Lipinski definition) is 2. The number of halogens is 1. The zero-order valence-corrected chi connectivity index (χ0v) is 12.4. The van der Waals surface area contributed by atoms with Crippen LogP contribution in [0.3, 0.4) is 0 Å². The van der Waals surface area contributed by atoms with E-state index in [2.05, 4.69) is 10.6 Å². The van der Waals surface area contributed by atoms with Crippen LogP contribution in [0, 0.1) is 5.92 Å². The number of carbonyl (C=O) groups excluding carboxylic acids is 1. The number of amides is 1. The first kappa shape index (κ1) is 13.1. The van der Waals surface area contributed by atoms with E-state index in [-0.39, 0.29) is 11.9 Å². The van der Waals surface area contributed by atoms with Gasteiger partial charge in [-0.2, -0.15) is 0 Å². The zero-order chi connectivity index (χ0) is 14.4. The van der Waals surface area contributed by atoms with Gasteiger partial charge >= 0.3 is 0 Å². The third kappa shape index (κ3) is 2.30. The van der Waals surface area contributed by atoms with Crippen molar-refractivity contribution in [2.45, 2.75) is 24.9 Å². The molecule has 2 aromatic carbocycles. The lowest BCUT2D eigenvalue weighted by Gasteiger charge is -2.24. The average molecular weight is 301 g/mol. The number of fused-ring (bicyclic) bond motifs is 3. The first-order valence-electron chi connectivity index (χ1n) is 7.43. The largest absolute Gasteiger partial charge is 0.348 e. The summed E-state index contributed by atoms with van der Waals surface area (Å²) in [6.07, 6.45) is 2.28. The zero-order valence-electron chi connectivity index (χ0n) is 11.6. The van der Waals surface area contributed by atoms with Crippen LogP contribution in [-0.4, -0.2) is 24.5 Å². The second kappa shape index (κ2) is 5.00. The SMILES string of the molecule is O=C(NC1CC2CNC1C2)c1ccc2cccc(Cl)c2c1. The van der Waals surface area contributed by atoms with Gasteiger partial charge in [-0.15, -0.1) is 0 Å². The molecular weight excluding hydrogens is 284 g/mol. The molecule has 3 atom stereocenters. The summed E-state index contributed by atoms with van der Waals surface area (Å²) < 4.78 is 0. The minimum Gasteiger partial charge on any atom is -0.348 e. The molecule has 0 aromatic heterocycles. The van der Waals surface area contributed by atoms with Crippen LogP contribution in [0.5, 0.6) is 0 Å². The van der Waals surface area contributed by atoms with Gasteiger partial charge in [-0.25, -0.2) is 0 Å². The fraction of sp³-hybridized carbons (Fsp3) is 0.353. The molecule has 2 aliphatic rings. The van der Waals surface area contributed by atoms with Crippen molar-refractivity contribution < 1.29 is 4.79 Å². The highest BCUT2D eigenvalue weighted by atomic mass is 35.5. The summed E-state index contributed by atoms with van der Waals surface area (Å²) in [4.78, 5) is 12.4. The summed E-state index contributed by atoms with van der Waals surface area (Å²) in [5, 5.41) is 9.30. The summed E-state index contributed by atoms with van der Waals surface area (Å²) >= 11 is 6.21. The molecule has 1 saturated carbocycles.